The van der Waals surface area contributed by atoms with Crippen molar-refractivity contribution in [2.24, 2.45) is 0 Å². The smallest absolute Gasteiger partial charge is 0.253 e. The summed E-state index contributed by atoms with van der Waals surface area (Å²) in [7, 11) is 0. The van der Waals surface area contributed by atoms with Crippen LogP contribution in [0.2, 0.25) is 0 Å². The summed E-state index contributed by atoms with van der Waals surface area (Å²) in [5, 5.41) is 8.78. The normalized spacial score (nSPS) is 29.4. The number of hydrogen-bond acceptors (Lipinski definition) is 3. The van der Waals surface area contributed by atoms with Crippen molar-refractivity contribution in [1.82, 2.24) is 8.84 Å². The maximum atomic E-state index is 8.78. The summed E-state index contributed by atoms with van der Waals surface area (Å²) in [4.78, 5) is -1.84. The molecule has 1 atom stereocenters. The first-order valence-electron chi connectivity index (χ1n) is 2.93. The average molecular weight is 320 g/mol. The van der Waals surface area contributed by atoms with E-state index in [9.17, 15) is 0 Å². The largest absolute Gasteiger partial charge is 0.269 e. The summed E-state index contributed by atoms with van der Waals surface area (Å²) in [6.07, 6.45) is 2.56. The molecule has 0 aromatic heterocycles. The molecule has 0 bridgehead atoms. The van der Waals surface area contributed by atoms with Gasteiger partial charge in [-0.1, -0.05) is 34.8 Å². The second-order valence-electron chi connectivity index (χ2n) is 2.20. The maximum absolute atomic E-state index is 8.78. The van der Waals surface area contributed by atoms with Gasteiger partial charge in [0.15, 0.2) is 0 Å². The number of rotatable bonds is 0. The van der Waals surface area contributed by atoms with Crippen molar-refractivity contribution in [2.45, 2.75) is 9.46 Å². The van der Waals surface area contributed by atoms with Gasteiger partial charge in [0.05, 0.1) is 0 Å². The Morgan fingerprint density at radius 3 is 1.86 bits per heavy atom. The van der Waals surface area contributed by atoms with Gasteiger partial charge in [-0.2, -0.15) is 5.26 Å². The fourth-order valence-corrected chi connectivity index (χ4v) is 1.74. The Labute approximate surface area is 149 Å². The monoisotopic (exact) mass is 318 g/mol. The molecular weight excluding hydrogens is 318 g/mol. The Hall–Kier alpha value is 1.92. The van der Waals surface area contributed by atoms with E-state index in [2.05, 4.69) is 0 Å². The average Bonchev–Trinajstić information content (AvgIpc) is 2.09. The van der Waals surface area contributed by atoms with Gasteiger partial charge in [0.25, 0.3) is 9.46 Å². The molecule has 9 heteroatoms. The van der Waals surface area contributed by atoms with E-state index in [1.165, 1.54) is 12.4 Å². The molecule has 0 spiro atoms. The quantitative estimate of drug-likeness (QED) is 0.297. The molecule has 0 N–H and O–H groups in total. The molecule has 0 aromatic rings. The van der Waals surface area contributed by atoms with Crippen LogP contribution in [0.1, 0.15) is 0 Å². The fraction of sp³-hybridized carbons (Fsp3) is 0.400. The second kappa shape index (κ2) is 5.50. The molecule has 1 aliphatic rings. The zero-order valence-corrected chi connectivity index (χ0v) is 13.8. The maximum Gasteiger partial charge on any atom is 0.269 e. The number of alkyl halides is 3. The van der Waals surface area contributed by atoms with E-state index in [-0.39, 0.29) is 51.4 Å². The summed E-state index contributed by atoms with van der Waals surface area (Å²) in [5.41, 5.74) is 0. The first-order valence-corrected chi connectivity index (χ1v) is 4.74. The van der Waals surface area contributed by atoms with Gasteiger partial charge in [0, 0.05) is 87.3 Å². The minimum Gasteiger partial charge on any atom is -0.253 e. The molecular formula is C5H2Cl5KN3. The van der Waals surface area contributed by atoms with Crippen molar-refractivity contribution in [3.8, 4) is 6.07 Å². The Bertz CT molecular complexity index is 290. The molecule has 0 aromatic carbocycles. The minimum atomic E-state index is -1.84. The van der Waals surface area contributed by atoms with E-state index in [0.29, 0.717) is 0 Å². The molecule has 0 saturated carbocycles. The fourth-order valence-electron chi connectivity index (χ4n) is 0.698. The van der Waals surface area contributed by atoms with Gasteiger partial charge in [0.2, 0.25) is 0 Å². The molecule has 0 amide bonds. The summed E-state index contributed by atoms with van der Waals surface area (Å²) in [6, 6.07) is 1.67. The molecule has 1 radical (unpaired) electrons. The summed E-state index contributed by atoms with van der Waals surface area (Å²) < 4.78 is -0.111. The van der Waals surface area contributed by atoms with Crippen molar-refractivity contribution < 1.29 is 0 Å². The van der Waals surface area contributed by atoms with E-state index < -0.39 is 9.46 Å². The van der Waals surface area contributed by atoms with Crippen LogP contribution in [0, 0.1) is 11.3 Å². The van der Waals surface area contributed by atoms with Gasteiger partial charge in [-0.3, -0.25) is 8.84 Å². The van der Waals surface area contributed by atoms with E-state index >= 15 is 0 Å². The van der Waals surface area contributed by atoms with Gasteiger partial charge < -0.3 is 0 Å². The molecule has 1 unspecified atom stereocenters. The summed E-state index contributed by atoms with van der Waals surface area (Å²) in [5.74, 6) is 0. The topological polar surface area (TPSA) is 30.3 Å². The first kappa shape index (κ1) is 15.9. The summed E-state index contributed by atoms with van der Waals surface area (Å²) in [6.45, 7) is 0. The van der Waals surface area contributed by atoms with Crippen LogP contribution in [-0.2, 0) is 0 Å². The van der Waals surface area contributed by atoms with Crippen molar-refractivity contribution in [2.75, 3.05) is 0 Å². The zero-order chi connectivity index (χ0) is 10.3. The molecule has 1 heterocycles. The first-order chi connectivity index (χ1) is 5.86. The predicted octanol–water partition coefficient (Wildman–Crippen LogP) is 2.59. The van der Waals surface area contributed by atoms with Crippen LogP contribution in [0.25, 0.3) is 0 Å². The van der Waals surface area contributed by atoms with E-state index in [0.717, 1.165) is 8.84 Å². The second-order valence-corrected chi connectivity index (χ2v) is 4.76. The minimum absolute atomic E-state index is 0. The van der Waals surface area contributed by atoms with Gasteiger partial charge in [-0.25, -0.2) is 0 Å². The molecule has 0 aliphatic carbocycles. The van der Waals surface area contributed by atoms with Crippen LogP contribution in [0.4, 0.5) is 0 Å². The van der Waals surface area contributed by atoms with Crippen molar-refractivity contribution in [1.29, 1.82) is 5.26 Å². The Morgan fingerprint density at radius 2 is 1.50 bits per heavy atom. The predicted molar refractivity (Wildman–Crippen MR) is 58.9 cm³/mol. The third-order valence-electron chi connectivity index (χ3n) is 1.44. The molecule has 0 fully saturated rings. The molecule has 1 rings (SSSR count). The SMILES string of the molecule is N#CC1(Cl)N(Cl)C=CN(Cl)C1(Cl)Cl.[K]. The Morgan fingerprint density at radius 1 is 1.07 bits per heavy atom. The summed E-state index contributed by atoms with van der Waals surface area (Å²) >= 11 is 28.5. The van der Waals surface area contributed by atoms with E-state index in [1.807, 2.05) is 0 Å². The zero-order valence-electron chi connectivity index (χ0n) is 6.89. The van der Waals surface area contributed by atoms with Crippen LogP contribution in [0.3, 0.4) is 0 Å². The third kappa shape index (κ3) is 2.43. The molecule has 1 aliphatic heterocycles. The van der Waals surface area contributed by atoms with Crippen LogP contribution < -0.4 is 0 Å². The molecule has 0 saturated heterocycles. The third-order valence-corrected chi connectivity index (χ3v) is 4.07. The van der Waals surface area contributed by atoms with Gasteiger partial charge in [-0.05, 0) is 0 Å². The van der Waals surface area contributed by atoms with Crippen molar-refractivity contribution in [3.05, 3.63) is 12.4 Å². The van der Waals surface area contributed by atoms with Gasteiger partial charge >= 0.3 is 0 Å². The number of halogens is 5. The van der Waals surface area contributed by atoms with Crippen LogP contribution >= 0.6 is 58.4 Å². The van der Waals surface area contributed by atoms with Crippen molar-refractivity contribution in [3.63, 3.8) is 0 Å². The molecule has 14 heavy (non-hydrogen) atoms. The van der Waals surface area contributed by atoms with Gasteiger partial charge in [0.1, 0.15) is 6.07 Å². The Kier molecular flexibility index (Phi) is 6.25. The standard InChI is InChI=1S/C5H2Cl5N3.K/c6-4(3-11)5(7,8)13(10)2-1-12(4)9;/h1-2H;. The Balaban J connectivity index is 0.00000169. The number of nitrogens with zero attached hydrogens (tertiary/aromatic N) is 3. The van der Waals surface area contributed by atoms with Crippen LogP contribution in [-0.4, -0.2) is 69.7 Å². The van der Waals surface area contributed by atoms with Crippen molar-refractivity contribution >= 4 is 110 Å². The van der Waals surface area contributed by atoms with Crippen LogP contribution in [0.5, 0.6) is 0 Å². The molecule has 73 valence electrons. The van der Waals surface area contributed by atoms with Crippen LogP contribution in [0.15, 0.2) is 12.4 Å². The van der Waals surface area contributed by atoms with E-state index in [4.69, 9.17) is 63.6 Å². The molecule has 3 nitrogen and oxygen atoms in total. The number of hydrogen-bond donors (Lipinski definition) is 0. The van der Waals surface area contributed by atoms with E-state index in [1.54, 1.807) is 6.07 Å². The van der Waals surface area contributed by atoms with Gasteiger partial charge in [-0.15, -0.1) is 0 Å². The number of nitriles is 1.